The van der Waals surface area contributed by atoms with E-state index >= 15 is 0 Å². The highest BCUT2D eigenvalue weighted by molar-refractivity contribution is 6.21. The predicted octanol–water partition coefficient (Wildman–Crippen LogP) is 5.37. The van der Waals surface area contributed by atoms with Gasteiger partial charge in [-0.15, -0.1) is 0 Å². The molecular formula is C55H68N8O11. The van der Waals surface area contributed by atoms with Gasteiger partial charge in [-0.2, -0.15) is 0 Å². The number of piperidine rings is 1. The van der Waals surface area contributed by atoms with Crippen LogP contribution in [-0.4, -0.2) is 139 Å². The Bertz CT molecular complexity index is 3050. The number of nitrogens with one attached hydrogen (secondary N) is 2. The van der Waals surface area contributed by atoms with Crippen LogP contribution < -0.4 is 25.7 Å². The van der Waals surface area contributed by atoms with Crippen molar-refractivity contribution in [2.75, 3.05) is 56.0 Å². The number of ether oxygens (including phenoxy) is 3. The van der Waals surface area contributed by atoms with Gasteiger partial charge in [-0.25, -0.2) is 9.98 Å². The Kier molecular flexibility index (Phi) is 14.9. The van der Waals surface area contributed by atoms with E-state index < -0.39 is 65.5 Å². The number of imidazole rings is 1. The number of anilines is 2. The molecule has 19 heteroatoms. The minimum absolute atomic E-state index is 0.0475. The van der Waals surface area contributed by atoms with Crippen molar-refractivity contribution in [3.8, 4) is 17.2 Å². The summed E-state index contributed by atoms with van der Waals surface area (Å²) in [4.78, 5) is 79.5. The van der Waals surface area contributed by atoms with E-state index in [1.807, 2.05) is 24.3 Å². The fraction of sp³-hybridized carbons (Fsp3) is 0.509. The number of Topliss-reactive ketones (excluding diaryl/α,β-unsaturated/α-hetero) is 1. The summed E-state index contributed by atoms with van der Waals surface area (Å²) in [6.45, 7) is 15.0. The van der Waals surface area contributed by atoms with Crippen molar-refractivity contribution in [3.05, 3.63) is 82.2 Å². The van der Waals surface area contributed by atoms with E-state index in [9.17, 15) is 39.6 Å². The number of phenols is 2. The van der Waals surface area contributed by atoms with Crippen molar-refractivity contribution in [1.29, 1.82) is 0 Å². The molecule has 4 aromatic rings. The molecule has 74 heavy (non-hydrogen) atoms. The molecule has 1 spiro atoms. The van der Waals surface area contributed by atoms with Crippen molar-refractivity contribution in [2.24, 2.45) is 21.8 Å². The third kappa shape index (κ3) is 10.6. The quantitative estimate of drug-likeness (QED) is 0.0807. The zero-order valence-electron chi connectivity index (χ0n) is 43.0. The summed E-state index contributed by atoms with van der Waals surface area (Å²) < 4.78 is 18.3. The third-order valence-electron chi connectivity index (χ3n) is 14.9. The number of H-pyrrole nitrogens is 1. The number of rotatable bonds is 6. The highest BCUT2D eigenvalue weighted by Gasteiger charge is 2.50. The normalized spacial score (nSPS) is 26.4. The predicted molar refractivity (Wildman–Crippen MR) is 276 cm³/mol. The molecule has 6 aliphatic rings. The number of carbonyl (C=O) groups excluding carboxylic acids is 4. The van der Waals surface area contributed by atoms with Gasteiger partial charge in [0, 0.05) is 94.4 Å². The molecule has 0 aliphatic carbocycles. The molecule has 6 N–H and O–H groups in total. The highest BCUT2D eigenvalue weighted by Crippen LogP contribution is 2.51. The molecule has 2 amide bonds. The van der Waals surface area contributed by atoms with Crippen LogP contribution in [0.4, 0.5) is 11.6 Å². The van der Waals surface area contributed by atoms with Gasteiger partial charge in [0.05, 0.1) is 46.1 Å². The van der Waals surface area contributed by atoms with E-state index in [1.54, 1.807) is 43.9 Å². The molecule has 2 fully saturated rings. The third-order valence-corrected chi connectivity index (χ3v) is 14.9. The molecule has 5 atom stereocenters. The van der Waals surface area contributed by atoms with Crippen LogP contribution in [0, 0.1) is 18.8 Å². The van der Waals surface area contributed by atoms with Crippen molar-refractivity contribution in [3.63, 3.8) is 0 Å². The minimum Gasteiger partial charge on any atom is -0.507 e. The van der Waals surface area contributed by atoms with Crippen LogP contribution in [-0.2, 0) is 23.9 Å². The van der Waals surface area contributed by atoms with E-state index in [-0.39, 0.29) is 81.3 Å². The number of nitrogens with zero attached hydrogens (tertiary/aromatic N) is 6. The second-order valence-electron chi connectivity index (χ2n) is 21.0. The SMILES string of the molecule is C/C1=C/C=C/C(C)[C@H](O)CC(O)C[C@H](OC(=O)CC(=O)N2CCCN(c3nc4ccccc4[nH]3)CC2)CC/C=C/OC2(C)Oc3c(C)c(O)c4c(O)c(c5c(c4c3C2=O)NC2(CCN(CC(C)C)CC2)N=5)=NC1=O. The molecule has 2 saturated heterocycles. The van der Waals surface area contributed by atoms with Crippen LogP contribution in [0.25, 0.3) is 21.8 Å². The van der Waals surface area contributed by atoms with Gasteiger partial charge in [0.25, 0.3) is 11.7 Å². The van der Waals surface area contributed by atoms with Gasteiger partial charge >= 0.3 is 11.8 Å². The fourth-order valence-corrected chi connectivity index (χ4v) is 10.7. The van der Waals surface area contributed by atoms with Crippen LogP contribution in [0.2, 0.25) is 0 Å². The van der Waals surface area contributed by atoms with Crippen molar-refractivity contribution < 1.29 is 53.8 Å². The van der Waals surface area contributed by atoms with Gasteiger partial charge in [0.1, 0.15) is 40.4 Å². The molecule has 3 aromatic carbocycles. The molecule has 19 nitrogen and oxygen atoms in total. The lowest BCUT2D eigenvalue weighted by atomic mass is 9.92. The Morgan fingerprint density at radius 1 is 0.973 bits per heavy atom. The average Bonchev–Trinajstić information content (AvgIpc) is 3.96. The molecule has 5 bridgehead atoms. The number of allylic oxidation sites excluding steroid dienone is 3. The first-order chi connectivity index (χ1) is 35.3. The number of carbonyl (C=O) groups is 4. The van der Waals surface area contributed by atoms with Gasteiger partial charge in [-0.3, -0.25) is 24.2 Å². The van der Waals surface area contributed by atoms with Crippen LogP contribution in [0.15, 0.2) is 70.4 Å². The van der Waals surface area contributed by atoms with Crippen LogP contribution >= 0.6 is 0 Å². The molecule has 7 heterocycles. The van der Waals surface area contributed by atoms with Gasteiger partial charge in [-0.05, 0) is 63.7 Å². The summed E-state index contributed by atoms with van der Waals surface area (Å²) in [6.07, 6.45) is 6.35. The first-order valence-electron chi connectivity index (χ1n) is 25.9. The molecule has 394 valence electrons. The number of aromatic amines is 1. The summed E-state index contributed by atoms with van der Waals surface area (Å²) in [7, 11) is 0. The van der Waals surface area contributed by atoms with E-state index in [1.165, 1.54) is 19.3 Å². The number of aromatic nitrogens is 2. The van der Waals surface area contributed by atoms with E-state index in [0.29, 0.717) is 70.1 Å². The molecule has 10 rings (SSSR count). The lowest BCUT2D eigenvalue weighted by Gasteiger charge is -2.38. The van der Waals surface area contributed by atoms with Gasteiger partial charge in [-0.1, -0.05) is 51.1 Å². The standard InChI is InChI=1S/C55H68N8O11/c1-31(2)30-61-22-18-55(19-23-61)59-45-42-43-48(68)34(5)50-44(42)51(70)54(6,74-50)72-26-10-9-15-36(27-35(64)28-39(65)32(3)13-11-14-33(4)52(71)58-47(49(43)69)46(45)60-55)73-41(67)29-40(66)62-20-12-21-63(25-24-62)53-56-37-16-7-8-17-38(37)57-53/h7-8,10-11,13-14,16-17,26,31-32,35-36,39,59,64-65,68-69H,9,12,15,18-25,27-30H2,1-6H3,(H,56,57)/b13-11+,26-10+,33-14-,58-47?/t32?,35?,36-,39-,54?/m1/s1. The number of aliphatic hydroxyl groups is 2. The summed E-state index contributed by atoms with van der Waals surface area (Å²) >= 11 is 0. The number of aromatic hydroxyl groups is 2. The largest absolute Gasteiger partial charge is 0.507 e. The first-order valence-corrected chi connectivity index (χ1v) is 25.9. The van der Waals surface area contributed by atoms with Gasteiger partial charge in [0.15, 0.2) is 5.75 Å². The summed E-state index contributed by atoms with van der Waals surface area (Å²) in [6, 6.07) is 7.76. The monoisotopic (exact) mass is 1020 g/mol. The number of fused-ring (bicyclic) bond motifs is 14. The number of phenolic OH excluding ortho intramolecular Hbond substituents is 2. The zero-order chi connectivity index (χ0) is 52.6. The van der Waals surface area contributed by atoms with E-state index in [4.69, 9.17) is 24.2 Å². The molecule has 3 unspecified atom stereocenters. The second-order valence-corrected chi connectivity index (χ2v) is 21.0. The number of amides is 2. The van der Waals surface area contributed by atoms with E-state index in [2.05, 4.69) is 38.9 Å². The molecule has 0 saturated carbocycles. The topological polar surface area (TPSA) is 252 Å². The summed E-state index contributed by atoms with van der Waals surface area (Å²) in [5.74, 6) is -4.52. The number of benzene rings is 3. The molecular weight excluding hydrogens is 949 g/mol. The maximum atomic E-state index is 14.8. The van der Waals surface area contributed by atoms with E-state index in [0.717, 1.165) is 23.5 Å². The van der Waals surface area contributed by atoms with Crippen molar-refractivity contribution in [1.82, 2.24) is 19.8 Å². The number of ketones is 1. The Morgan fingerprint density at radius 3 is 2.50 bits per heavy atom. The van der Waals surface area contributed by atoms with Crippen molar-refractivity contribution >= 4 is 57.0 Å². The maximum absolute atomic E-state index is 14.8. The number of esters is 1. The lowest BCUT2D eigenvalue weighted by molar-refractivity contribution is -0.154. The van der Waals surface area contributed by atoms with Crippen LogP contribution in [0.1, 0.15) is 102 Å². The maximum Gasteiger partial charge on any atom is 0.315 e. The Hall–Kier alpha value is -6.83. The minimum atomic E-state index is -1.93. The number of aliphatic hydroxyl groups excluding tert-OH is 2. The zero-order valence-corrected chi connectivity index (χ0v) is 43.0. The fourth-order valence-electron chi connectivity index (χ4n) is 10.7. The summed E-state index contributed by atoms with van der Waals surface area (Å²) in [5.41, 5.74) is 1.63. The Morgan fingerprint density at radius 2 is 1.74 bits per heavy atom. The number of hydrogen-bond acceptors (Lipinski definition) is 16. The lowest BCUT2D eigenvalue weighted by Crippen LogP contribution is -2.47. The second kappa shape index (κ2) is 21.2. The summed E-state index contributed by atoms with van der Waals surface area (Å²) in [5, 5.41) is 50.2. The first kappa shape index (κ1) is 52.0. The van der Waals surface area contributed by atoms with Gasteiger partial charge in [0.2, 0.25) is 11.9 Å². The van der Waals surface area contributed by atoms with Gasteiger partial charge < -0.3 is 59.6 Å². The van der Waals surface area contributed by atoms with Crippen LogP contribution in [0.3, 0.4) is 0 Å². The average molecular weight is 1020 g/mol. The highest BCUT2D eigenvalue weighted by atomic mass is 16.7. The molecule has 6 aliphatic heterocycles. The molecule has 0 radical (unpaired) electrons. The number of likely N-dealkylation sites (tertiary alicyclic amines) is 1. The Labute approximate surface area is 429 Å². The smallest absolute Gasteiger partial charge is 0.315 e. The number of para-hydroxylation sites is 2. The molecule has 1 aromatic heterocycles. The van der Waals surface area contributed by atoms with Crippen molar-refractivity contribution in [2.45, 2.75) is 123 Å². The number of hydrogen-bond donors (Lipinski definition) is 6. The van der Waals surface area contributed by atoms with Crippen LogP contribution in [0.5, 0.6) is 17.2 Å². The Balaban J connectivity index is 0.975.